The number of ether oxygens (including phenoxy) is 3. The van der Waals surface area contributed by atoms with Crippen molar-refractivity contribution in [2.45, 2.75) is 62.3 Å². The summed E-state index contributed by atoms with van der Waals surface area (Å²) >= 11 is 0. The molecular formula is C12H19O5. The Kier molecular flexibility index (Phi) is 3.13. The van der Waals surface area contributed by atoms with Crippen LogP contribution in [0.3, 0.4) is 0 Å². The molecule has 0 unspecified atom stereocenters. The average molecular weight is 243 g/mol. The Labute approximate surface area is 101 Å². The summed E-state index contributed by atoms with van der Waals surface area (Å²) in [5, 5.41) is 19.5. The summed E-state index contributed by atoms with van der Waals surface area (Å²) in [6.07, 6.45) is 2.42. The third kappa shape index (κ3) is 2.11. The van der Waals surface area contributed by atoms with E-state index in [0.717, 1.165) is 25.7 Å². The first-order chi connectivity index (χ1) is 8.20. The molecule has 17 heavy (non-hydrogen) atoms. The van der Waals surface area contributed by atoms with Crippen LogP contribution < -0.4 is 0 Å². The Morgan fingerprint density at radius 1 is 1.12 bits per heavy atom. The van der Waals surface area contributed by atoms with Crippen molar-refractivity contribution in [3.63, 3.8) is 0 Å². The standard InChI is InChI=1S/C12H19O5/c13-8-6-15-9-7-16-12(4-2-1-3-5-12)17-11(9)10(8)14/h6,8-11,13-14H,1-5,7H2/t8-,9+,10+,11+/m0/s1. The number of fused-ring (bicyclic) bond motifs is 1. The SMILES string of the molecule is O[C@H]1[C@@H]2OC3(CCCCC3)OC[C@H]2O[CH][C@@H]1O. The first-order valence-corrected chi connectivity index (χ1v) is 6.37. The van der Waals surface area contributed by atoms with Gasteiger partial charge in [-0.15, -0.1) is 0 Å². The van der Waals surface area contributed by atoms with Crippen LogP contribution in [0.5, 0.6) is 0 Å². The van der Waals surface area contributed by atoms with Crippen molar-refractivity contribution in [2.75, 3.05) is 6.61 Å². The highest BCUT2D eigenvalue weighted by Crippen LogP contribution is 2.40. The van der Waals surface area contributed by atoms with Gasteiger partial charge in [0.15, 0.2) is 5.79 Å². The fourth-order valence-electron chi connectivity index (χ4n) is 2.90. The van der Waals surface area contributed by atoms with Gasteiger partial charge in [0.1, 0.15) is 31.0 Å². The van der Waals surface area contributed by atoms with Gasteiger partial charge >= 0.3 is 0 Å². The maximum absolute atomic E-state index is 9.95. The summed E-state index contributed by atoms with van der Waals surface area (Å²) in [4.78, 5) is 0. The average Bonchev–Trinajstić information content (AvgIpc) is 2.36. The molecule has 0 aromatic carbocycles. The third-order valence-electron chi connectivity index (χ3n) is 3.92. The van der Waals surface area contributed by atoms with Gasteiger partial charge in [0.05, 0.1) is 6.61 Å². The molecule has 0 amide bonds. The number of aliphatic hydroxyl groups is 2. The lowest BCUT2D eigenvalue weighted by atomic mass is 9.91. The fourth-order valence-corrected chi connectivity index (χ4v) is 2.90. The van der Waals surface area contributed by atoms with Gasteiger partial charge in [0.25, 0.3) is 0 Å². The summed E-state index contributed by atoms with van der Waals surface area (Å²) in [6.45, 7) is 1.68. The molecule has 3 aliphatic rings. The third-order valence-corrected chi connectivity index (χ3v) is 3.92. The van der Waals surface area contributed by atoms with Gasteiger partial charge in [-0.25, -0.2) is 0 Å². The molecule has 2 heterocycles. The molecule has 1 saturated carbocycles. The molecule has 1 radical (unpaired) electrons. The highest BCUT2D eigenvalue weighted by molar-refractivity contribution is 4.97. The topological polar surface area (TPSA) is 68.2 Å². The molecule has 2 N–H and O–H groups in total. The predicted octanol–water partition coefficient (Wildman–Crippen LogP) is 0.345. The van der Waals surface area contributed by atoms with Gasteiger partial charge in [-0.05, 0) is 12.8 Å². The van der Waals surface area contributed by atoms with E-state index in [2.05, 4.69) is 0 Å². The first kappa shape index (κ1) is 11.9. The van der Waals surface area contributed by atoms with E-state index < -0.39 is 24.1 Å². The highest BCUT2D eigenvalue weighted by atomic mass is 16.7. The van der Waals surface area contributed by atoms with Crippen LogP contribution in [-0.2, 0) is 14.2 Å². The van der Waals surface area contributed by atoms with Crippen molar-refractivity contribution in [3.8, 4) is 0 Å². The fraction of sp³-hybridized carbons (Fsp3) is 0.917. The van der Waals surface area contributed by atoms with Gasteiger partial charge in [-0.3, -0.25) is 0 Å². The number of hydrogen-bond donors (Lipinski definition) is 2. The van der Waals surface area contributed by atoms with Gasteiger partial charge in [0, 0.05) is 12.8 Å². The normalized spacial score (nSPS) is 45.5. The lowest BCUT2D eigenvalue weighted by Gasteiger charge is -2.49. The van der Waals surface area contributed by atoms with Crippen molar-refractivity contribution >= 4 is 0 Å². The summed E-state index contributed by atoms with van der Waals surface area (Å²) in [6, 6.07) is 0. The van der Waals surface area contributed by atoms with E-state index in [1.54, 1.807) is 0 Å². The van der Waals surface area contributed by atoms with Crippen LogP contribution in [0, 0.1) is 6.61 Å². The van der Waals surface area contributed by atoms with Gasteiger partial charge in [-0.2, -0.15) is 0 Å². The highest BCUT2D eigenvalue weighted by Gasteiger charge is 2.50. The van der Waals surface area contributed by atoms with Crippen molar-refractivity contribution in [3.05, 3.63) is 6.61 Å². The number of rotatable bonds is 0. The molecule has 3 fully saturated rings. The molecule has 2 aliphatic heterocycles. The molecule has 0 aromatic heterocycles. The van der Waals surface area contributed by atoms with Crippen LogP contribution in [0.25, 0.3) is 0 Å². The zero-order valence-corrected chi connectivity index (χ0v) is 9.75. The van der Waals surface area contributed by atoms with Crippen molar-refractivity contribution < 1.29 is 24.4 Å². The van der Waals surface area contributed by atoms with Crippen LogP contribution >= 0.6 is 0 Å². The minimum atomic E-state index is -0.977. The van der Waals surface area contributed by atoms with E-state index in [-0.39, 0.29) is 6.10 Å². The zero-order chi connectivity index (χ0) is 11.9. The maximum atomic E-state index is 9.95. The van der Waals surface area contributed by atoms with Crippen LogP contribution in [0.2, 0.25) is 0 Å². The molecule has 5 heteroatoms. The molecule has 0 aromatic rings. The Balaban J connectivity index is 1.73. The molecule has 1 spiro atoms. The predicted molar refractivity (Wildman–Crippen MR) is 57.8 cm³/mol. The first-order valence-electron chi connectivity index (χ1n) is 6.37. The molecule has 5 nitrogen and oxygen atoms in total. The monoisotopic (exact) mass is 243 g/mol. The number of hydrogen-bond acceptors (Lipinski definition) is 5. The Morgan fingerprint density at radius 2 is 1.88 bits per heavy atom. The van der Waals surface area contributed by atoms with Crippen molar-refractivity contribution in [2.24, 2.45) is 0 Å². The minimum absolute atomic E-state index is 0.305. The van der Waals surface area contributed by atoms with Gasteiger partial charge in [-0.1, -0.05) is 6.42 Å². The Hall–Kier alpha value is -0.200. The van der Waals surface area contributed by atoms with E-state index >= 15 is 0 Å². The van der Waals surface area contributed by atoms with Crippen LogP contribution in [0.4, 0.5) is 0 Å². The molecule has 1 aliphatic carbocycles. The smallest absolute Gasteiger partial charge is 0.169 e. The summed E-state index contributed by atoms with van der Waals surface area (Å²) in [5.74, 6) is -0.555. The second kappa shape index (κ2) is 4.48. The van der Waals surface area contributed by atoms with E-state index in [4.69, 9.17) is 14.2 Å². The number of aliphatic hydroxyl groups excluding tert-OH is 2. The zero-order valence-electron chi connectivity index (χ0n) is 9.75. The van der Waals surface area contributed by atoms with Crippen LogP contribution in [0.15, 0.2) is 0 Å². The molecule has 2 saturated heterocycles. The van der Waals surface area contributed by atoms with E-state index in [1.807, 2.05) is 0 Å². The second-order valence-electron chi connectivity index (χ2n) is 5.16. The molecule has 0 bridgehead atoms. The van der Waals surface area contributed by atoms with E-state index in [0.29, 0.717) is 6.61 Å². The molecule has 4 atom stereocenters. The maximum Gasteiger partial charge on any atom is 0.169 e. The second-order valence-corrected chi connectivity index (χ2v) is 5.16. The van der Waals surface area contributed by atoms with E-state index in [1.165, 1.54) is 13.0 Å². The molecule has 97 valence electrons. The Bertz CT molecular complexity index is 274. The van der Waals surface area contributed by atoms with E-state index in [9.17, 15) is 10.2 Å². The summed E-state index contributed by atoms with van der Waals surface area (Å²) < 4.78 is 17.0. The largest absolute Gasteiger partial charge is 0.387 e. The quantitative estimate of drug-likeness (QED) is 0.642. The summed E-state index contributed by atoms with van der Waals surface area (Å²) in [5.41, 5.74) is 0. The van der Waals surface area contributed by atoms with Gasteiger partial charge in [0.2, 0.25) is 0 Å². The van der Waals surface area contributed by atoms with Crippen LogP contribution in [0.1, 0.15) is 32.1 Å². The van der Waals surface area contributed by atoms with Crippen LogP contribution in [-0.4, -0.2) is 47.0 Å². The minimum Gasteiger partial charge on any atom is -0.387 e. The molecule has 3 rings (SSSR count). The lowest BCUT2D eigenvalue weighted by molar-refractivity contribution is -0.360. The van der Waals surface area contributed by atoms with Crippen molar-refractivity contribution in [1.82, 2.24) is 0 Å². The summed E-state index contributed by atoms with van der Waals surface area (Å²) in [7, 11) is 0. The molecular weight excluding hydrogens is 224 g/mol. The van der Waals surface area contributed by atoms with Gasteiger partial charge < -0.3 is 24.4 Å². The lowest BCUT2D eigenvalue weighted by Crippen LogP contribution is -2.62. The Morgan fingerprint density at radius 3 is 2.65 bits per heavy atom. The van der Waals surface area contributed by atoms with Crippen molar-refractivity contribution in [1.29, 1.82) is 0 Å².